The highest BCUT2D eigenvalue weighted by atomic mass is 16.1. The van der Waals surface area contributed by atoms with Crippen LogP contribution in [0, 0.1) is 17.8 Å². The molecule has 3 unspecified atom stereocenters. The van der Waals surface area contributed by atoms with Gasteiger partial charge >= 0.3 is 0 Å². The molecule has 0 aromatic carbocycles. The topological polar surface area (TPSA) is 55.1 Å². The first kappa shape index (κ1) is 15.5. The van der Waals surface area contributed by atoms with Gasteiger partial charge in [0.15, 0.2) is 0 Å². The third-order valence-corrected chi connectivity index (χ3v) is 3.92. The van der Waals surface area contributed by atoms with Crippen molar-refractivity contribution in [1.29, 1.82) is 0 Å². The van der Waals surface area contributed by atoms with Gasteiger partial charge in [-0.3, -0.25) is 4.79 Å². The van der Waals surface area contributed by atoms with Gasteiger partial charge in [0.25, 0.3) is 0 Å². The summed E-state index contributed by atoms with van der Waals surface area (Å²) in [4.78, 5) is 12.0. The molecule has 1 aliphatic rings. The van der Waals surface area contributed by atoms with E-state index >= 15 is 0 Å². The Morgan fingerprint density at radius 1 is 1.39 bits per heavy atom. The molecule has 0 aromatic rings. The predicted octanol–water partition coefficient (Wildman–Crippen LogP) is 2.69. The molecule has 0 aliphatic heterocycles. The summed E-state index contributed by atoms with van der Waals surface area (Å²) in [5, 5.41) is 3.10. The second kappa shape index (κ2) is 7.78. The van der Waals surface area contributed by atoms with Crippen LogP contribution in [0.2, 0.25) is 0 Å². The molecule has 0 heterocycles. The fraction of sp³-hybridized carbons (Fsp3) is 0.933. The number of rotatable bonds is 6. The quantitative estimate of drug-likeness (QED) is 0.765. The van der Waals surface area contributed by atoms with Crippen molar-refractivity contribution >= 4 is 5.91 Å². The van der Waals surface area contributed by atoms with E-state index in [0.717, 1.165) is 12.3 Å². The molecule has 3 atom stereocenters. The highest BCUT2D eigenvalue weighted by Crippen LogP contribution is 2.30. The van der Waals surface area contributed by atoms with Crippen LogP contribution >= 0.6 is 0 Å². The Hall–Kier alpha value is -0.570. The maximum atomic E-state index is 12.0. The Kier molecular flexibility index (Phi) is 6.69. The molecule has 1 saturated carbocycles. The number of carbonyl (C=O) groups is 1. The van der Waals surface area contributed by atoms with Gasteiger partial charge in [-0.2, -0.15) is 0 Å². The number of nitrogens with one attached hydrogen (secondary N) is 1. The Morgan fingerprint density at radius 3 is 2.67 bits per heavy atom. The Morgan fingerprint density at radius 2 is 2.11 bits per heavy atom. The van der Waals surface area contributed by atoms with Crippen LogP contribution in [0.4, 0.5) is 0 Å². The summed E-state index contributed by atoms with van der Waals surface area (Å²) in [7, 11) is 0. The Bertz CT molecular complexity index is 245. The molecule has 0 bridgehead atoms. The van der Waals surface area contributed by atoms with Crippen LogP contribution in [0.25, 0.3) is 0 Å². The first-order valence-corrected chi connectivity index (χ1v) is 7.50. The zero-order valence-electron chi connectivity index (χ0n) is 12.2. The zero-order chi connectivity index (χ0) is 13.5. The molecule has 3 nitrogen and oxygen atoms in total. The second-order valence-corrected chi connectivity index (χ2v) is 6.47. The van der Waals surface area contributed by atoms with Crippen LogP contribution in [0.3, 0.4) is 0 Å². The van der Waals surface area contributed by atoms with Crippen molar-refractivity contribution in [2.45, 2.75) is 65.3 Å². The molecule has 18 heavy (non-hydrogen) atoms. The standard InChI is InChI=1S/C15H30N2O/c1-11(2)7-14(10-16)17-15(18)9-13-6-4-5-12(3)8-13/h11-14H,4-10,16H2,1-3H3,(H,17,18). The van der Waals surface area contributed by atoms with Crippen LogP contribution in [-0.2, 0) is 4.79 Å². The molecule has 0 spiro atoms. The molecule has 3 N–H and O–H groups in total. The Labute approximate surface area is 112 Å². The number of amides is 1. The molecule has 1 rings (SSSR count). The van der Waals surface area contributed by atoms with Crippen molar-refractivity contribution in [3.8, 4) is 0 Å². The van der Waals surface area contributed by atoms with Gasteiger partial charge in [0.1, 0.15) is 0 Å². The molecular formula is C15H30N2O. The fourth-order valence-corrected chi connectivity index (χ4v) is 3.08. The van der Waals surface area contributed by atoms with Gasteiger partial charge in [0.05, 0.1) is 0 Å². The highest BCUT2D eigenvalue weighted by Gasteiger charge is 2.22. The number of carbonyl (C=O) groups excluding carboxylic acids is 1. The van der Waals surface area contributed by atoms with Crippen molar-refractivity contribution in [3.05, 3.63) is 0 Å². The van der Waals surface area contributed by atoms with Gasteiger partial charge in [-0.25, -0.2) is 0 Å². The summed E-state index contributed by atoms with van der Waals surface area (Å²) < 4.78 is 0. The molecule has 0 aromatic heterocycles. The van der Waals surface area contributed by atoms with E-state index in [0.29, 0.717) is 24.8 Å². The lowest BCUT2D eigenvalue weighted by atomic mass is 9.80. The first-order chi connectivity index (χ1) is 8.51. The van der Waals surface area contributed by atoms with Crippen molar-refractivity contribution in [2.75, 3.05) is 6.54 Å². The van der Waals surface area contributed by atoms with E-state index in [4.69, 9.17) is 5.73 Å². The van der Waals surface area contributed by atoms with Crippen LogP contribution in [-0.4, -0.2) is 18.5 Å². The maximum Gasteiger partial charge on any atom is 0.220 e. The molecule has 0 radical (unpaired) electrons. The van der Waals surface area contributed by atoms with Gasteiger partial charge in [-0.15, -0.1) is 0 Å². The summed E-state index contributed by atoms with van der Waals surface area (Å²) in [5.74, 6) is 2.16. The number of hydrogen-bond acceptors (Lipinski definition) is 2. The van der Waals surface area contributed by atoms with E-state index in [1.807, 2.05) is 0 Å². The fourth-order valence-electron chi connectivity index (χ4n) is 3.08. The maximum absolute atomic E-state index is 12.0. The van der Waals surface area contributed by atoms with Gasteiger partial charge in [0, 0.05) is 19.0 Å². The molecule has 3 heteroatoms. The molecule has 1 aliphatic carbocycles. The first-order valence-electron chi connectivity index (χ1n) is 7.50. The Balaban J connectivity index is 2.30. The van der Waals surface area contributed by atoms with E-state index in [1.54, 1.807) is 0 Å². The second-order valence-electron chi connectivity index (χ2n) is 6.47. The smallest absolute Gasteiger partial charge is 0.220 e. The summed E-state index contributed by atoms with van der Waals surface area (Å²) >= 11 is 0. The average Bonchev–Trinajstić information content (AvgIpc) is 2.27. The van der Waals surface area contributed by atoms with Gasteiger partial charge in [-0.1, -0.05) is 33.6 Å². The zero-order valence-corrected chi connectivity index (χ0v) is 12.2. The molecule has 1 amide bonds. The minimum atomic E-state index is 0.151. The van der Waals surface area contributed by atoms with Crippen molar-refractivity contribution in [2.24, 2.45) is 23.5 Å². The van der Waals surface area contributed by atoms with Crippen molar-refractivity contribution in [1.82, 2.24) is 5.32 Å². The van der Waals surface area contributed by atoms with Crippen molar-refractivity contribution < 1.29 is 4.79 Å². The highest BCUT2D eigenvalue weighted by molar-refractivity contribution is 5.76. The van der Waals surface area contributed by atoms with Crippen LogP contribution in [0.15, 0.2) is 0 Å². The van der Waals surface area contributed by atoms with E-state index in [2.05, 4.69) is 26.1 Å². The largest absolute Gasteiger partial charge is 0.352 e. The predicted molar refractivity (Wildman–Crippen MR) is 76.2 cm³/mol. The van der Waals surface area contributed by atoms with E-state index in [1.165, 1.54) is 25.7 Å². The minimum Gasteiger partial charge on any atom is -0.352 e. The van der Waals surface area contributed by atoms with Gasteiger partial charge in [0.2, 0.25) is 5.91 Å². The summed E-state index contributed by atoms with van der Waals surface area (Å²) in [6, 6.07) is 0.151. The van der Waals surface area contributed by atoms with Gasteiger partial charge in [-0.05, 0) is 37.0 Å². The number of nitrogens with two attached hydrogens (primary N) is 1. The van der Waals surface area contributed by atoms with Crippen molar-refractivity contribution in [3.63, 3.8) is 0 Å². The molecular weight excluding hydrogens is 224 g/mol. The summed E-state index contributed by atoms with van der Waals surface area (Å²) in [6.07, 6.45) is 6.71. The van der Waals surface area contributed by atoms with Crippen LogP contribution in [0.5, 0.6) is 0 Å². The van der Waals surface area contributed by atoms with E-state index in [9.17, 15) is 4.79 Å². The van der Waals surface area contributed by atoms with Crippen LogP contribution in [0.1, 0.15) is 59.3 Å². The lowest BCUT2D eigenvalue weighted by molar-refractivity contribution is -0.123. The normalized spacial score (nSPS) is 26.1. The number of hydrogen-bond donors (Lipinski definition) is 2. The summed E-state index contributed by atoms with van der Waals surface area (Å²) in [5.41, 5.74) is 5.71. The third-order valence-electron chi connectivity index (χ3n) is 3.92. The van der Waals surface area contributed by atoms with Gasteiger partial charge < -0.3 is 11.1 Å². The lowest BCUT2D eigenvalue weighted by Crippen LogP contribution is -2.41. The minimum absolute atomic E-state index is 0.151. The third kappa shape index (κ3) is 5.85. The van der Waals surface area contributed by atoms with Crippen LogP contribution < -0.4 is 11.1 Å². The summed E-state index contributed by atoms with van der Waals surface area (Å²) in [6.45, 7) is 7.17. The SMILES string of the molecule is CC(C)CC(CN)NC(=O)CC1CCCC(C)C1. The molecule has 0 saturated heterocycles. The van der Waals surface area contributed by atoms with E-state index < -0.39 is 0 Å². The van der Waals surface area contributed by atoms with E-state index in [-0.39, 0.29) is 11.9 Å². The molecule has 106 valence electrons. The monoisotopic (exact) mass is 254 g/mol. The molecule has 1 fully saturated rings. The average molecular weight is 254 g/mol. The lowest BCUT2D eigenvalue weighted by Gasteiger charge is -2.27.